The average molecular weight is 234 g/mol. The quantitative estimate of drug-likeness (QED) is 0.794. The van der Waals surface area contributed by atoms with Crippen LogP contribution in [-0.2, 0) is 9.53 Å². The molecule has 0 fully saturated rings. The van der Waals surface area contributed by atoms with E-state index in [1.54, 1.807) is 37.3 Å². The predicted molar refractivity (Wildman–Crippen MR) is 63.7 cm³/mol. The van der Waals surface area contributed by atoms with Crippen molar-refractivity contribution < 1.29 is 19.4 Å². The minimum atomic E-state index is -0.886. The largest absolute Gasteiger partial charge is 0.481 e. The Morgan fingerprint density at radius 2 is 2.18 bits per heavy atom. The number of esters is 1. The number of rotatable bonds is 5. The summed E-state index contributed by atoms with van der Waals surface area (Å²) in [5.41, 5.74) is 1.24. The van der Waals surface area contributed by atoms with Crippen LogP contribution in [0.3, 0.4) is 0 Å². The Morgan fingerprint density at radius 1 is 1.41 bits per heavy atom. The first-order valence-corrected chi connectivity index (χ1v) is 5.29. The highest BCUT2D eigenvalue weighted by Crippen LogP contribution is 2.09. The molecule has 17 heavy (non-hydrogen) atoms. The van der Waals surface area contributed by atoms with E-state index in [0.717, 1.165) is 5.56 Å². The molecule has 0 aliphatic rings. The van der Waals surface area contributed by atoms with Crippen LogP contribution in [0.25, 0.3) is 6.08 Å². The molecule has 0 aliphatic carbocycles. The highest BCUT2D eigenvalue weighted by Gasteiger charge is 2.05. The minimum absolute atomic E-state index is 0.0381. The molecule has 0 radical (unpaired) electrons. The maximum absolute atomic E-state index is 11.4. The number of benzene rings is 1. The third-order valence-electron chi connectivity index (χ3n) is 2.00. The molecule has 0 unspecified atom stereocenters. The molecule has 1 rings (SSSR count). The molecule has 0 saturated carbocycles. The molecule has 1 aromatic carbocycles. The van der Waals surface area contributed by atoms with Gasteiger partial charge in [0.05, 0.1) is 18.6 Å². The summed E-state index contributed by atoms with van der Waals surface area (Å²) in [6.07, 6.45) is 3.16. The molecule has 0 atom stereocenters. The normalized spacial score (nSPS) is 10.4. The van der Waals surface area contributed by atoms with E-state index in [1.807, 2.05) is 0 Å². The van der Waals surface area contributed by atoms with Crippen LogP contribution < -0.4 is 0 Å². The summed E-state index contributed by atoms with van der Waals surface area (Å²) < 4.78 is 4.87. The molecular weight excluding hydrogens is 220 g/mol. The van der Waals surface area contributed by atoms with Gasteiger partial charge in [-0.25, -0.2) is 4.79 Å². The summed E-state index contributed by atoms with van der Waals surface area (Å²) in [6, 6.07) is 6.84. The predicted octanol–water partition coefficient (Wildman–Crippen LogP) is 2.35. The lowest BCUT2D eigenvalue weighted by molar-refractivity contribution is -0.135. The number of carboxylic acids is 1. The number of ether oxygens (including phenoxy) is 1. The Kier molecular flexibility index (Phi) is 4.94. The van der Waals surface area contributed by atoms with Crippen molar-refractivity contribution >= 4 is 18.0 Å². The zero-order valence-corrected chi connectivity index (χ0v) is 9.55. The van der Waals surface area contributed by atoms with Gasteiger partial charge in [-0.15, -0.1) is 0 Å². The molecule has 1 N–H and O–H groups in total. The van der Waals surface area contributed by atoms with Crippen LogP contribution in [0.4, 0.5) is 0 Å². The Balaban J connectivity index is 2.75. The van der Waals surface area contributed by atoms with Crippen molar-refractivity contribution in [3.63, 3.8) is 0 Å². The van der Waals surface area contributed by atoms with E-state index in [4.69, 9.17) is 9.84 Å². The summed E-state index contributed by atoms with van der Waals surface area (Å²) in [4.78, 5) is 21.8. The minimum Gasteiger partial charge on any atom is -0.481 e. The van der Waals surface area contributed by atoms with Crippen molar-refractivity contribution in [2.75, 3.05) is 6.61 Å². The second kappa shape index (κ2) is 6.48. The van der Waals surface area contributed by atoms with E-state index >= 15 is 0 Å². The number of carbonyl (C=O) groups is 2. The Bertz CT molecular complexity index is 435. The topological polar surface area (TPSA) is 63.6 Å². The smallest absolute Gasteiger partial charge is 0.338 e. The van der Waals surface area contributed by atoms with Gasteiger partial charge in [0, 0.05) is 0 Å². The van der Waals surface area contributed by atoms with Crippen molar-refractivity contribution in [2.45, 2.75) is 13.3 Å². The van der Waals surface area contributed by atoms with Gasteiger partial charge in [-0.2, -0.15) is 0 Å². The fourth-order valence-electron chi connectivity index (χ4n) is 1.28. The van der Waals surface area contributed by atoms with E-state index in [9.17, 15) is 9.59 Å². The van der Waals surface area contributed by atoms with Gasteiger partial charge in [0.1, 0.15) is 0 Å². The first-order valence-electron chi connectivity index (χ1n) is 5.29. The summed E-state index contributed by atoms with van der Waals surface area (Å²) in [7, 11) is 0. The van der Waals surface area contributed by atoms with Crippen LogP contribution in [0.1, 0.15) is 29.3 Å². The van der Waals surface area contributed by atoms with Crippen LogP contribution in [0.5, 0.6) is 0 Å². The zero-order chi connectivity index (χ0) is 12.7. The lowest BCUT2D eigenvalue weighted by Gasteiger charge is -2.02. The standard InChI is InChI=1S/C13H14O4/c1-2-17-13(16)11-7-3-5-10(9-11)6-4-8-12(14)15/h3-7,9H,2,8H2,1H3,(H,14,15). The van der Waals surface area contributed by atoms with Gasteiger partial charge in [0.15, 0.2) is 0 Å². The molecule has 4 heteroatoms. The van der Waals surface area contributed by atoms with E-state index in [2.05, 4.69) is 0 Å². The van der Waals surface area contributed by atoms with Crippen molar-refractivity contribution in [2.24, 2.45) is 0 Å². The Morgan fingerprint density at radius 3 is 2.82 bits per heavy atom. The first-order chi connectivity index (χ1) is 8.13. The van der Waals surface area contributed by atoms with Crippen molar-refractivity contribution in [3.8, 4) is 0 Å². The molecule has 90 valence electrons. The van der Waals surface area contributed by atoms with E-state index < -0.39 is 5.97 Å². The average Bonchev–Trinajstić information content (AvgIpc) is 2.29. The highest BCUT2D eigenvalue weighted by atomic mass is 16.5. The third-order valence-corrected chi connectivity index (χ3v) is 2.00. The lowest BCUT2D eigenvalue weighted by Crippen LogP contribution is -2.04. The molecular formula is C13H14O4. The number of carboxylic acid groups (broad SMARTS) is 1. The number of aliphatic carboxylic acids is 1. The molecule has 4 nitrogen and oxygen atoms in total. The monoisotopic (exact) mass is 234 g/mol. The molecule has 0 aromatic heterocycles. The zero-order valence-electron chi connectivity index (χ0n) is 9.55. The van der Waals surface area contributed by atoms with Crippen LogP contribution in [0.2, 0.25) is 0 Å². The van der Waals surface area contributed by atoms with Crippen molar-refractivity contribution in [1.29, 1.82) is 0 Å². The van der Waals surface area contributed by atoms with Crippen molar-refractivity contribution in [3.05, 3.63) is 41.5 Å². The SMILES string of the molecule is CCOC(=O)c1cccc(C=CCC(=O)O)c1. The van der Waals surface area contributed by atoms with Crippen LogP contribution in [0.15, 0.2) is 30.3 Å². The Labute approximate surface area is 99.5 Å². The maximum Gasteiger partial charge on any atom is 0.338 e. The van der Waals surface area contributed by atoms with Gasteiger partial charge in [0.25, 0.3) is 0 Å². The van der Waals surface area contributed by atoms with Crippen LogP contribution in [0, 0.1) is 0 Å². The second-order valence-electron chi connectivity index (χ2n) is 3.35. The first kappa shape index (κ1) is 13.0. The van der Waals surface area contributed by atoms with E-state index in [-0.39, 0.29) is 12.4 Å². The fraction of sp³-hybridized carbons (Fsp3) is 0.231. The van der Waals surface area contributed by atoms with E-state index in [1.165, 1.54) is 6.08 Å². The number of hydrogen-bond donors (Lipinski definition) is 1. The lowest BCUT2D eigenvalue weighted by atomic mass is 10.1. The molecule has 0 aliphatic heterocycles. The summed E-state index contributed by atoms with van der Waals surface area (Å²) >= 11 is 0. The maximum atomic E-state index is 11.4. The fourth-order valence-corrected chi connectivity index (χ4v) is 1.28. The van der Waals surface area contributed by atoms with Crippen LogP contribution in [-0.4, -0.2) is 23.7 Å². The number of carbonyl (C=O) groups excluding carboxylic acids is 1. The highest BCUT2D eigenvalue weighted by molar-refractivity contribution is 5.90. The van der Waals surface area contributed by atoms with Crippen LogP contribution >= 0.6 is 0 Å². The molecule has 0 bridgehead atoms. The molecule has 0 spiro atoms. The van der Waals surface area contributed by atoms with Gasteiger partial charge in [-0.1, -0.05) is 24.3 Å². The van der Waals surface area contributed by atoms with Crippen molar-refractivity contribution in [1.82, 2.24) is 0 Å². The summed E-state index contributed by atoms with van der Waals surface area (Å²) in [5, 5.41) is 8.48. The Hall–Kier alpha value is -2.10. The third kappa shape index (κ3) is 4.51. The van der Waals surface area contributed by atoms with Gasteiger partial charge >= 0.3 is 11.9 Å². The summed E-state index contributed by atoms with van der Waals surface area (Å²) in [5.74, 6) is -1.26. The van der Waals surface area contributed by atoms with Gasteiger partial charge < -0.3 is 9.84 Å². The molecule has 0 heterocycles. The summed E-state index contributed by atoms with van der Waals surface area (Å²) in [6.45, 7) is 2.08. The van der Waals surface area contributed by atoms with Gasteiger partial charge in [-0.05, 0) is 24.6 Å². The molecule has 0 amide bonds. The van der Waals surface area contributed by atoms with E-state index in [0.29, 0.717) is 12.2 Å². The second-order valence-corrected chi connectivity index (χ2v) is 3.35. The number of hydrogen-bond acceptors (Lipinski definition) is 3. The van der Waals surface area contributed by atoms with Gasteiger partial charge in [0.2, 0.25) is 0 Å². The molecule has 0 saturated heterocycles. The van der Waals surface area contributed by atoms with Gasteiger partial charge in [-0.3, -0.25) is 4.79 Å². The molecule has 1 aromatic rings.